The first kappa shape index (κ1) is 19.0. The summed E-state index contributed by atoms with van der Waals surface area (Å²) in [5.74, 6) is 2.77. The molecule has 0 amide bonds. The second-order valence-corrected chi connectivity index (χ2v) is 9.79. The summed E-state index contributed by atoms with van der Waals surface area (Å²) in [6, 6.07) is 0.771. The summed E-state index contributed by atoms with van der Waals surface area (Å²) in [5.41, 5.74) is 1.85. The molecule has 2 aliphatic carbocycles. The van der Waals surface area contributed by atoms with Gasteiger partial charge in [0, 0.05) is 30.3 Å². The van der Waals surface area contributed by atoms with E-state index in [0.717, 1.165) is 11.9 Å². The van der Waals surface area contributed by atoms with Gasteiger partial charge in [-0.3, -0.25) is 4.79 Å². The van der Waals surface area contributed by atoms with E-state index in [2.05, 4.69) is 41.1 Å². The molecular weight excluding hydrogens is 334 g/mol. The predicted octanol–water partition coefficient (Wildman–Crippen LogP) is 4.71. The molecule has 4 heteroatoms. The third-order valence-corrected chi connectivity index (χ3v) is 7.68. The lowest BCUT2D eigenvalue weighted by atomic mass is 9.54. The topological polar surface area (TPSA) is 46.1 Å². The van der Waals surface area contributed by atoms with Gasteiger partial charge >= 0.3 is 0 Å². The van der Waals surface area contributed by atoms with Crippen molar-refractivity contribution in [3.63, 3.8) is 0 Å². The van der Waals surface area contributed by atoms with Crippen LogP contribution >= 0.6 is 0 Å². The van der Waals surface area contributed by atoms with Gasteiger partial charge in [-0.2, -0.15) is 0 Å². The lowest BCUT2D eigenvalue weighted by molar-refractivity contribution is -0.130. The van der Waals surface area contributed by atoms with Crippen molar-refractivity contribution in [2.75, 3.05) is 13.1 Å². The number of aromatic nitrogens is 2. The fourth-order valence-electron chi connectivity index (χ4n) is 5.72. The van der Waals surface area contributed by atoms with E-state index < -0.39 is 0 Å². The number of hydrogen-bond acceptors (Lipinski definition) is 4. The molecule has 27 heavy (non-hydrogen) atoms. The fraction of sp³-hybridized carbons (Fsp3) is 0.783. The maximum atomic E-state index is 11.5. The second kappa shape index (κ2) is 7.62. The number of hydrogen-bond donors (Lipinski definition) is 0. The van der Waals surface area contributed by atoms with Crippen molar-refractivity contribution >= 4 is 5.78 Å². The third-order valence-electron chi connectivity index (χ3n) is 7.68. The Balaban J connectivity index is 1.25. The predicted molar refractivity (Wildman–Crippen MR) is 108 cm³/mol. The van der Waals surface area contributed by atoms with Gasteiger partial charge in [0.05, 0.1) is 0 Å². The first-order valence-corrected chi connectivity index (χ1v) is 11.0. The highest BCUT2D eigenvalue weighted by Gasteiger charge is 2.48. The molecule has 0 unspecified atom stereocenters. The van der Waals surface area contributed by atoms with Crippen LogP contribution in [0, 0.1) is 11.3 Å². The van der Waals surface area contributed by atoms with Crippen molar-refractivity contribution in [1.29, 1.82) is 0 Å². The molecule has 0 atom stereocenters. The van der Waals surface area contributed by atoms with Crippen LogP contribution in [-0.4, -0.2) is 39.8 Å². The molecule has 0 bridgehead atoms. The largest absolute Gasteiger partial charge is 0.300 e. The van der Waals surface area contributed by atoms with E-state index in [-0.39, 0.29) is 0 Å². The molecule has 2 heterocycles. The number of Topliss-reactive ketones (excluding diaryl/α,β-unsaturated/α-hetero) is 1. The molecule has 1 spiro atoms. The van der Waals surface area contributed by atoms with E-state index in [1.807, 2.05) is 0 Å². The smallest absolute Gasteiger partial charge is 0.132 e. The number of rotatable bonds is 4. The van der Waals surface area contributed by atoms with Crippen molar-refractivity contribution in [1.82, 2.24) is 14.9 Å². The number of carbonyl (C=O) groups excluding carboxylic acids is 1. The lowest BCUT2D eigenvalue weighted by Crippen LogP contribution is -2.48. The Morgan fingerprint density at radius 1 is 1.07 bits per heavy atom. The quantitative estimate of drug-likeness (QED) is 0.771. The highest BCUT2D eigenvalue weighted by molar-refractivity contribution is 5.79. The van der Waals surface area contributed by atoms with Crippen molar-refractivity contribution in [3.05, 3.63) is 23.8 Å². The average Bonchev–Trinajstić information content (AvgIpc) is 2.66. The monoisotopic (exact) mass is 369 g/mol. The zero-order chi connectivity index (χ0) is 19.0. The van der Waals surface area contributed by atoms with Crippen LogP contribution in [0.1, 0.15) is 95.4 Å². The summed E-state index contributed by atoms with van der Waals surface area (Å²) < 4.78 is 0. The van der Waals surface area contributed by atoms with Crippen LogP contribution < -0.4 is 0 Å². The molecule has 4 rings (SSSR count). The van der Waals surface area contributed by atoms with Gasteiger partial charge in [-0.15, -0.1) is 0 Å². The lowest BCUT2D eigenvalue weighted by Gasteiger charge is -2.52. The Hall–Kier alpha value is -1.29. The molecule has 0 N–H and O–H groups in total. The summed E-state index contributed by atoms with van der Waals surface area (Å²) in [6.45, 7) is 8.49. The van der Waals surface area contributed by atoms with Gasteiger partial charge in [0.1, 0.15) is 11.6 Å². The van der Waals surface area contributed by atoms with Crippen LogP contribution in [0.4, 0.5) is 0 Å². The minimum atomic E-state index is 0.376. The highest BCUT2D eigenvalue weighted by Crippen LogP contribution is 2.55. The molecular formula is C23H35N3O. The first-order chi connectivity index (χ1) is 13.0. The van der Waals surface area contributed by atoms with Gasteiger partial charge in [-0.05, 0) is 88.3 Å². The molecule has 1 aromatic rings. The highest BCUT2D eigenvalue weighted by atomic mass is 16.1. The zero-order valence-corrected chi connectivity index (χ0v) is 17.3. The summed E-state index contributed by atoms with van der Waals surface area (Å²) in [4.78, 5) is 23.4. The van der Waals surface area contributed by atoms with Crippen LogP contribution in [0.25, 0.3) is 0 Å². The normalized spacial score (nSPS) is 32.6. The Bertz CT molecular complexity index is 645. The molecule has 3 aliphatic rings. The maximum Gasteiger partial charge on any atom is 0.132 e. The van der Waals surface area contributed by atoms with Gasteiger partial charge in [-0.25, -0.2) is 9.97 Å². The number of piperidine rings is 1. The van der Waals surface area contributed by atoms with Crippen molar-refractivity contribution < 1.29 is 4.79 Å². The van der Waals surface area contributed by atoms with Crippen LogP contribution in [0.15, 0.2) is 12.4 Å². The van der Waals surface area contributed by atoms with E-state index >= 15 is 0 Å². The summed E-state index contributed by atoms with van der Waals surface area (Å²) in [7, 11) is 0. The summed E-state index contributed by atoms with van der Waals surface area (Å²) in [5, 5.41) is 0. The van der Waals surface area contributed by atoms with E-state index in [9.17, 15) is 4.79 Å². The number of nitrogens with zero attached hydrogens (tertiary/aromatic N) is 3. The Kier molecular flexibility index (Phi) is 5.37. The van der Waals surface area contributed by atoms with Gasteiger partial charge in [-0.1, -0.05) is 13.8 Å². The maximum absolute atomic E-state index is 11.5. The number of carbonyl (C=O) groups is 1. The molecule has 3 fully saturated rings. The van der Waals surface area contributed by atoms with Gasteiger partial charge in [0.15, 0.2) is 0 Å². The summed E-state index contributed by atoms with van der Waals surface area (Å²) in [6.07, 6.45) is 14.3. The molecule has 2 saturated carbocycles. The molecule has 0 aromatic carbocycles. The SMILES string of the molecule is CC(=O)C1CC2(CCC(N3CCC(c4cnc(C(C)C)nc4)CC3)CC2)C1. The van der Waals surface area contributed by atoms with Crippen LogP contribution in [0.3, 0.4) is 0 Å². The standard InChI is InChI=1S/C23H35N3O/c1-16(2)22-24-14-20(15-25-22)18-6-10-26(11-7-18)21-4-8-23(9-5-21)12-19(13-23)17(3)27/h14-16,18-19,21H,4-13H2,1-3H3. The second-order valence-electron chi connectivity index (χ2n) is 9.79. The average molecular weight is 370 g/mol. The molecule has 1 aromatic heterocycles. The van der Waals surface area contributed by atoms with E-state index in [0.29, 0.717) is 29.0 Å². The number of likely N-dealkylation sites (tertiary alicyclic amines) is 1. The van der Waals surface area contributed by atoms with Crippen molar-refractivity contribution in [2.45, 2.75) is 90.0 Å². The van der Waals surface area contributed by atoms with E-state index in [1.165, 1.54) is 70.0 Å². The number of ketones is 1. The van der Waals surface area contributed by atoms with Gasteiger partial charge < -0.3 is 4.90 Å². The Morgan fingerprint density at radius 3 is 2.19 bits per heavy atom. The van der Waals surface area contributed by atoms with Gasteiger partial charge in [0.2, 0.25) is 0 Å². The molecule has 1 saturated heterocycles. The van der Waals surface area contributed by atoms with Crippen LogP contribution in [-0.2, 0) is 4.79 Å². The molecule has 0 radical (unpaired) electrons. The van der Waals surface area contributed by atoms with Gasteiger partial charge in [0.25, 0.3) is 0 Å². The molecule has 148 valence electrons. The van der Waals surface area contributed by atoms with Crippen molar-refractivity contribution in [2.24, 2.45) is 11.3 Å². The zero-order valence-electron chi connectivity index (χ0n) is 17.3. The Labute approximate surface area is 164 Å². The fourth-order valence-corrected chi connectivity index (χ4v) is 5.72. The van der Waals surface area contributed by atoms with Crippen LogP contribution in [0.2, 0.25) is 0 Å². The molecule has 1 aliphatic heterocycles. The minimum Gasteiger partial charge on any atom is -0.300 e. The van der Waals surface area contributed by atoms with E-state index in [1.54, 1.807) is 6.92 Å². The molecule has 4 nitrogen and oxygen atoms in total. The minimum absolute atomic E-state index is 0.376. The van der Waals surface area contributed by atoms with Crippen molar-refractivity contribution in [3.8, 4) is 0 Å². The Morgan fingerprint density at radius 2 is 1.67 bits per heavy atom. The third kappa shape index (κ3) is 3.96. The van der Waals surface area contributed by atoms with E-state index in [4.69, 9.17) is 0 Å². The van der Waals surface area contributed by atoms with Crippen LogP contribution in [0.5, 0.6) is 0 Å². The first-order valence-electron chi connectivity index (χ1n) is 11.0. The summed E-state index contributed by atoms with van der Waals surface area (Å²) >= 11 is 0.